The van der Waals surface area contributed by atoms with Crippen molar-refractivity contribution in [2.24, 2.45) is 5.73 Å². The summed E-state index contributed by atoms with van der Waals surface area (Å²) in [7, 11) is -3.81. The van der Waals surface area contributed by atoms with Crippen molar-refractivity contribution in [3.05, 3.63) is 29.8 Å². The minimum absolute atomic E-state index is 0.0182. The van der Waals surface area contributed by atoms with E-state index in [4.69, 9.17) is 11.0 Å². The Morgan fingerprint density at radius 2 is 2.15 bits per heavy atom. The highest BCUT2D eigenvalue weighted by atomic mass is 32.2. The molecule has 1 heterocycles. The number of carbonyl (C=O) groups excluding carboxylic acids is 1. The highest BCUT2D eigenvalue weighted by molar-refractivity contribution is 7.89. The fraction of sp³-hybridized carbons (Fsp3) is 0.385. The molecule has 0 saturated carbocycles. The number of hydrogen-bond acceptors (Lipinski definition) is 4. The van der Waals surface area contributed by atoms with Crippen molar-refractivity contribution < 1.29 is 13.2 Å². The molecule has 1 amide bonds. The second-order valence-corrected chi connectivity index (χ2v) is 6.56. The van der Waals surface area contributed by atoms with E-state index in [9.17, 15) is 13.2 Å². The molecule has 2 rings (SSSR count). The quantitative estimate of drug-likeness (QED) is 0.880. The molecule has 0 unspecified atom stereocenters. The first-order chi connectivity index (χ1) is 9.46. The first-order valence-electron chi connectivity index (χ1n) is 6.28. The van der Waals surface area contributed by atoms with Gasteiger partial charge in [-0.15, -0.1) is 0 Å². The molecule has 0 aromatic heterocycles. The maximum Gasteiger partial charge on any atom is 0.243 e. The minimum atomic E-state index is -3.81. The van der Waals surface area contributed by atoms with Gasteiger partial charge in [-0.25, -0.2) is 8.42 Å². The Bertz CT molecular complexity index is 664. The van der Waals surface area contributed by atoms with Crippen LogP contribution >= 0.6 is 0 Å². The van der Waals surface area contributed by atoms with E-state index >= 15 is 0 Å². The molecular weight excluding hydrogens is 278 g/mol. The lowest BCUT2D eigenvalue weighted by atomic mass is 10.0. The second-order valence-electron chi connectivity index (χ2n) is 4.67. The number of benzene rings is 1. The van der Waals surface area contributed by atoms with E-state index in [0.29, 0.717) is 12.8 Å². The van der Waals surface area contributed by atoms with E-state index in [1.807, 2.05) is 6.07 Å². The van der Waals surface area contributed by atoms with Gasteiger partial charge in [-0.05, 0) is 31.0 Å². The van der Waals surface area contributed by atoms with Crippen LogP contribution in [-0.2, 0) is 14.8 Å². The van der Waals surface area contributed by atoms with Crippen LogP contribution in [-0.4, -0.2) is 31.2 Å². The van der Waals surface area contributed by atoms with Crippen LogP contribution in [0.15, 0.2) is 29.2 Å². The summed E-state index contributed by atoms with van der Waals surface area (Å²) in [5.41, 5.74) is 5.55. The number of carbonyl (C=O) groups is 1. The Morgan fingerprint density at radius 1 is 1.40 bits per heavy atom. The van der Waals surface area contributed by atoms with Gasteiger partial charge < -0.3 is 5.73 Å². The predicted octanol–water partition coefficient (Wildman–Crippen LogP) is 0.587. The molecule has 106 valence electrons. The number of piperidine rings is 1. The van der Waals surface area contributed by atoms with Gasteiger partial charge in [-0.1, -0.05) is 12.5 Å². The van der Waals surface area contributed by atoms with Gasteiger partial charge >= 0.3 is 0 Å². The van der Waals surface area contributed by atoms with Crippen LogP contribution < -0.4 is 5.73 Å². The Kier molecular flexibility index (Phi) is 4.06. The van der Waals surface area contributed by atoms with Crippen LogP contribution in [0.5, 0.6) is 0 Å². The SMILES string of the molecule is N#Cc1cccc(S(=O)(=O)N2CCCC[C@H]2C(N)=O)c1. The summed E-state index contributed by atoms with van der Waals surface area (Å²) in [6.45, 7) is 0.271. The van der Waals surface area contributed by atoms with Crippen molar-refractivity contribution in [1.82, 2.24) is 4.31 Å². The monoisotopic (exact) mass is 293 g/mol. The van der Waals surface area contributed by atoms with E-state index in [-0.39, 0.29) is 17.0 Å². The van der Waals surface area contributed by atoms with E-state index in [1.165, 1.54) is 24.3 Å². The Balaban J connectivity index is 2.42. The molecule has 20 heavy (non-hydrogen) atoms. The topological polar surface area (TPSA) is 104 Å². The smallest absolute Gasteiger partial charge is 0.243 e. The van der Waals surface area contributed by atoms with Crippen LogP contribution in [0, 0.1) is 11.3 Å². The molecule has 1 aliphatic heterocycles. The van der Waals surface area contributed by atoms with Crippen LogP contribution in [0.1, 0.15) is 24.8 Å². The summed E-state index contributed by atoms with van der Waals surface area (Å²) < 4.78 is 26.3. The van der Waals surface area contributed by atoms with Gasteiger partial charge in [0, 0.05) is 6.54 Å². The first-order valence-corrected chi connectivity index (χ1v) is 7.72. The zero-order valence-electron chi connectivity index (χ0n) is 10.8. The van der Waals surface area contributed by atoms with Crippen molar-refractivity contribution in [3.63, 3.8) is 0 Å². The molecule has 1 saturated heterocycles. The van der Waals surface area contributed by atoms with Gasteiger partial charge in [-0.2, -0.15) is 9.57 Å². The van der Waals surface area contributed by atoms with Crippen LogP contribution in [0.25, 0.3) is 0 Å². The van der Waals surface area contributed by atoms with Crippen LogP contribution in [0.4, 0.5) is 0 Å². The zero-order valence-corrected chi connectivity index (χ0v) is 11.6. The molecule has 0 bridgehead atoms. The molecule has 6 nitrogen and oxygen atoms in total. The lowest BCUT2D eigenvalue weighted by Crippen LogP contribution is -2.50. The molecule has 1 aromatic carbocycles. The number of amides is 1. The molecular formula is C13H15N3O3S. The Hall–Kier alpha value is -1.91. The van der Waals surface area contributed by atoms with Gasteiger partial charge in [0.15, 0.2) is 0 Å². The number of nitriles is 1. The number of primary amides is 1. The van der Waals surface area contributed by atoms with Crippen LogP contribution in [0.3, 0.4) is 0 Å². The first kappa shape index (κ1) is 14.5. The number of hydrogen-bond donors (Lipinski definition) is 1. The number of sulfonamides is 1. The van der Waals surface area contributed by atoms with Crippen molar-refractivity contribution in [2.45, 2.75) is 30.2 Å². The summed E-state index contributed by atoms with van der Waals surface area (Å²) in [5.74, 6) is -0.635. The third-order valence-corrected chi connectivity index (χ3v) is 5.26. The van der Waals surface area contributed by atoms with Gasteiger partial charge in [0.2, 0.25) is 15.9 Å². The molecule has 1 aromatic rings. The van der Waals surface area contributed by atoms with Crippen molar-refractivity contribution in [1.29, 1.82) is 5.26 Å². The molecule has 2 N–H and O–H groups in total. The summed E-state index contributed by atoms with van der Waals surface area (Å²) in [5, 5.41) is 8.85. The lowest BCUT2D eigenvalue weighted by Gasteiger charge is -2.32. The third kappa shape index (κ3) is 2.66. The highest BCUT2D eigenvalue weighted by Crippen LogP contribution is 2.25. The van der Waals surface area contributed by atoms with Crippen LogP contribution in [0.2, 0.25) is 0 Å². The molecule has 0 aliphatic carbocycles. The maximum atomic E-state index is 12.6. The van der Waals surface area contributed by atoms with Crippen molar-refractivity contribution in [2.75, 3.05) is 6.54 Å². The maximum absolute atomic E-state index is 12.6. The van der Waals surface area contributed by atoms with Crippen molar-refractivity contribution >= 4 is 15.9 Å². The van der Waals surface area contributed by atoms with E-state index < -0.39 is 22.0 Å². The molecule has 0 spiro atoms. The minimum Gasteiger partial charge on any atom is -0.368 e. The Morgan fingerprint density at radius 3 is 2.80 bits per heavy atom. The summed E-state index contributed by atoms with van der Waals surface area (Å²) in [6.07, 6.45) is 1.91. The summed E-state index contributed by atoms with van der Waals surface area (Å²) in [6, 6.07) is 6.86. The molecule has 1 fully saturated rings. The number of nitrogens with two attached hydrogens (primary N) is 1. The summed E-state index contributed by atoms with van der Waals surface area (Å²) in [4.78, 5) is 11.4. The normalized spacial score (nSPS) is 20.2. The van der Waals surface area contributed by atoms with E-state index in [1.54, 1.807) is 0 Å². The second kappa shape index (κ2) is 5.61. The Labute approximate surface area is 117 Å². The highest BCUT2D eigenvalue weighted by Gasteiger charge is 2.36. The zero-order chi connectivity index (χ0) is 14.8. The average Bonchev–Trinajstić information content (AvgIpc) is 2.47. The largest absolute Gasteiger partial charge is 0.368 e. The van der Waals surface area contributed by atoms with Gasteiger partial charge in [-0.3, -0.25) is 4.79 Å². The summed E-state index contributed by atoms with van der Waals surface area (Å²) >= 11 is 0. The average molecular weight is 293 g/mol. The number of rotatable bonds is 3. The van der Waals surface area contributed by atoms with Crippen molar-refractivity contribution in [3.8, 4) is 6.07 Å². The fourth-order valence-electron chi connectivity index (χ4n) is 2.34. The van der Waals surface area contributed by atoms with E-state index in [2.05, 4.69) is 0 Å². The predicted molar refractivity (Wildman–Crippen MR) is 71.9 cm³/mol. The molecule has 1 atom stereocenters. The van der Waals surface area contributed by atoms with Gasteiger partial charge in [0.1, 0.15) is 6.04 Å². The lowest BCUT2D eigenvalue weighted by molar-refractivity contribution is -0.122. The van der Waals surface area contributed by atoms with Gasteiger partial charge in [0.25, 0.3) is 0 Å². The molecule has 7 heteroatoms. The van der Waals surface area contributed by atoms with Gasteiger partial charge in [0.05, 0.1) is 16.5 Å². The number of nitrogens with zero attached hydrogens (tertiary/aromatic N) is 2. The third-order valence-electron chi connectivity index (χ3n) is 3.35. The molecule has 0 radical (unpaired) electrons. The standard InChI is InChI=1S/C13H15N3O3S/c14-9-10-4-3-5-11(8-10)20(18,19)16-7-2-1-6-12(16)13(15)17/h3-5,8,12H,1-2,6-7H2,(H2,15,17)/t12-/m0/s1. The van der Waals surface area contributed by atoms with E-state index in [0.717, 1.165) is 10.7 Å². The molecule has 1 aliphatic rings. The fourth-order valence-corrected chi connectivity index (χ4v) is 4.05.